The average Bonchev–Trinajstić information content (AvgIpc) is 2.46. The summed E-state index contributed by atoms with van der Waals surface area (Å²) in [6.07, 6.45) is 5.50. The van der Waals surface area contributed by atoms with E-state index in [2.05, 4.69) is 6.92 Å². The summed E-state index contributed by atoms with van der Waals surface area (Å²) in [6.45, 7) is 3.16. The summed E-state index contributed by atoms with van der Waals surface area (Å²) in [5, 5.41) is 9.38. The number of carbonyl (C=O) groups is 2. The van der Waals surface area contributed by atoms with Crippen LogP contribution in [0.1, 0.15) is 45.4 Å². The number of nitrogens with zero attached hydrogens (tertiary/aromatic N) is 1. The van der Waals surface area contributed by atoms with Gasteiger partial charge >= 0.3 is 5.97 Å². The van der Waals surface area contributed by atoms with E-state index in [9.17, 15) is 14.7 Å². The van der Waals surface area contributed by atoms with Crippen molar-refractivity contribution >= 4 is 11.9 Å². The van der Waals surface area contributed by atoms with Crippen molar-refractivity contribution in [2.24, 2.45) is 23.5 Å². The van der Waals surface area contributed by atoms with Crippen LogP contribution in [-0.2, 0) is 9.59 Å². The van der Waals surface area contributed by atoms with Gasteiger partial charge in [0.2, 0.25) is 5.91 Å². The molecule has 1 saturated heterocycles. The topological polar surface area (TPSA) is 83.6 Å². The molecule has 5 nitrogen and oxygen atoms in total. The van der Waals surface area contributed by atoms with Crippen molar-refractivity contribution in [1.82, 2.24) is 4.90 Å². The van der Waals surface area contributed by atoms with E-state index in [1.165, 1.54) is 0 Å². The molecule has 0 aromatic heterocycles. The third-order valence-electron chi connectivity index (χ3n) is 4.96. The highest BCUT2D eigenvalue weighted by molar-refractivity contribution is 5.85. The van der Waals surface area contributed by atoms with Crippen molar-refractivity contribution in [3.05, 3.63) is 0 Å². The predicted octanol–water partition coefficient (Wildman–Crippen LogP) is 1.46. The number of carboxylic acids is 1. The minimum Gasteiger partial charge on any atom is -0.480 e. The lowest BCUT2D eigenvalue weighted by atomic mass is 9.77. The molecule has 3 N–H and O–H groups in total. The van der Waals surface area contributed by atoms with Crippen LogP contribution < -0.4 is 5.73 Å². The van der Waals surface area contributed by atoms with Crippen molar-refractivity contribution in [3.63, 3.8) is 0 Å². The summed E-state index contributed by atoms with van der Waals surface area (Å²) in [5.41, 5.74) is 5.79. The third kappa shape index (κ3) is 3.14. The predicted molar refractivity (Wildman–Crippen MR) is 76.0 cm³/mol. The van der Waals surface area contributed by atoms with E-state index in [-0.39, 0.29) is 17.7 Å². The Morgan fingerprint density at radius 3 is 2.60 bits per heavy atom. The number of likely N-dealkylation sites (tertiary alicyclic amines) is 1. The van der Waals surface area contributed by atoms with E-state index < -0.39 is 12.0 Å². The lowest BCUT2D eigenvalue weighted by molar-refractivity contribution is -0.156. The Bertz CT molecular complexity index is 372. The summed E-state index contributed by atoms with van der Waals surface area (Å²) in [5.74, 6) is -0.310. The molecular weight excluding hydrogens is 256 g/mol. The minimum atomic E-state index is -0.870. The van der Waals surface area contributed by atoms with E-state index in [4.69, 9.17) is 5.73 Å². The molecule has 20 heavy (non-hydrogen) atoms. The molecule has 0 aromatic carbocycles. The van der Waals surface area contributed by atoms with Gasteiger partial charge in [-0.15, -0.1) is 0 Å². The number of nitrogens with two attached hydrogens (primary N) is 1. The first-order valence-electron chi connectivity index (χ1n) is 7.78. The molecule has 4 atom stereocenters. The van der Waals surface area contributed by atoms with E-state index in [1.54, 1.807) is 4.90 Å². The van der Waals surface area contributed by atoms with E-state index >= 15 is 0 Å². The van der Waals surface area contributed by atoms with Gasteiger partial charge in [-0.2, -0.15) is 0 Å². The van der Waals surface area contributed by atoms with Crippen LogP contribution in [0, 0.1) is 17.8 Å². The second-order valence-electron chi connectivity index (χ2n) is 6.40. The van der Waals surface area contributed by atoms with Gasteiger partial charge in [-0.3, -0.25) is 4.79 Å². The zero-order valence-corrected chi connectivity index (χ0v) is 12.3. The molecule has 1 amide bonds. The molecule has 1 heterocycles. The zero-order chi connectivity index (χ0) is 14.7. The number of carboxylic acid groups (broad SMARTS) is 1. The Morgan fingerprint density at radius 1 is 1.25 bits per heavy atom. The van der Waals surface area contributed by atoms with Crippen LogP contribution in [0.4, 0.5) is 0 Å². The standard InChI is InChI=1S/C15H26N2O3/c1-10-6-7-17(13(8-10)15(19)20)14(18)12-5-3-2-4-11(12)9-16/h10-13H,2-9,16H2,1H3,(H,19,20). The van der Waals surface area contributed by atoms with Crippen LogP contribution in [0.5, 0.6) is 0 Å². The van der Waals surface area contributed by atoms with Crippen LogP contribution in [0.3, 0.4) is 0 Å². The Morgan fingerprint density at radius 2 is 1.95 bits per heavy atom. The summed E-state index contributed by atoms with van der Waals surface area (Å²) in [7, 11) is 0. The molecule has 1 saturated carbocycles. The van der Waals surface area contributed by atoms with Crippen molar-refractivity contribution in [2.45, 2.75) is 51.5 Å². The lowest BCUT2D eigenvalue weighted by Gasteiger charge is -2.40. The maximum absolute atomic E-state index is 12.8. The molecule has 2 fully saturated rings. The van der Waals surface area contributed by atoms with Crippen LogP contribution in [0.2, 0.25) is 0 Å². The molecule has 114 valence electrons. The SMILES string of the molecule is CC1CCN(C(=O)C2CCCCC2CN)C(C(=O)O)C1. The summed E-state index contributed by atoms with van der Waals surface area (Å²) in [6, 6.07) is -0.647. The molecule has 2 rings (SSSR count). The zero-order valence-electron chi connectivity index (χ0n) is 12.3. The third-order valence-corrected chi connectivity index (χ3v) is 4.96. The van der Waals surface area contributed by atoms with Gasteiger partial charge in [0.25, 0.3) is 0 Å². The molecule has 2 aliphatic rings. The van der Waals surface area contributed by atoms with Crippen molar-refractivity contribution in [1.29, 1.82) is 0 Å². The van der Waals surface area contributed by atoms with Crippen molar-refractivity contribution in [2.75, 3.05) is 13.1 Å². The van der Waals surface area contributed by atoms with Gasteiger partial charge in [-0.25, -0.2) is 4.79 Å². The second kappa shape index (κ2) is 6.57. The number of hydrogen-bond acceptors (Lipinski definition) is 3. The number of rotatable bonds is 3. The average molecular weight is 282 g/mol. The quantitative estimate of drug-likeness (QED) is 0.821. The highest BCUT2D eigenvalue weighted by Crippen LogP contribution is 2.33. The number of aliphatic carboxylic acids is 1. The Hall–Kier alpha value is -1.10. The number of amides is 1. The van der Waals surface area contributed by atoms with Gasteiger partial charge in [0.15, 0.2) is 0 Å². The first-order valence-corrected chi connectivity index (χ1v) is 7.78. The van der Waals surface area contributed by atoms with Gasteiger partial charge < -0.3 is 15.7 Å². The number of carbonyl (C=O) groups excluding carboxylic acids is 1. The smallest absolute Gasteiger partial charge is 0.326 e. The minimum absolute atomic E-state index is 0.0273. The van der Waals surface area contributed by atoms with Gasteiger partial charge in [0.1, 0.15) is 6.04 Å². The molecule has 1 aliphatic carbocycles. The van der Waals surface area contributed by atoms with Crippen LogP contribution in [-0.4, -0.2) is 41.0 Å². The second-order valence-corrected chi connectivity index (χ2v) is 6.40. The summed E-state index contributed by atoms with van der Waals surface area (Å²) >= 11 is 0. The fraction of sp³-hybridized carbons (Fsp3) is 0.867. The fourth-order valence-electron chi connectivity index (χ4n) is 3.67. The Kier molecular flexibility index (Phi) is 5.02. The molecule has 1 aliphatic heterocycles. The normalized spacial score (nSPS) is 34.8. The molecule has 0 spiro atoms. The van der Waals surface area contributed by atoms with Crippen molar-refractivity contribution in [3.8, 4) is 0 Å². The van der Waals surface area contributed by atoms with Gasteiger partial charge in [-0.1, -0.05) is 19.8 Å². The number of piperidine rings is 1. The van der Waals surface area contributed by atoms with E-state index in [1.807, 2.05) is 0 Å². The van der Waals surface area contributed by atoms with Crippen LogP contribution >= 0.6 is 0 Å². The van der Waals surface area contributed by atoms with E-state index in [0.29, 0.717) is 25.4 Å². The summed E-state index contributed by atoms with van der Waals surface area (Å²) < 4.78 is 0. The molecule has 0 radical (unpaired) electrons. The van der Waals surface area contributed by atoms with Crippen LogP contribution in [0.25, 0.3) is 0 Å². The fourth-order valence-corrected chi connectivity index (χ4v) is 3.67. The first kappa shape index (κ1) is 15.3. The first-order chi connectivity index (χ1) is 9.54. The highest BCUT2D eigenvalue weighted by atomic mass is 16.4. The van der Waals surface area contributed by atoms with Crippen LogP contribution in [0.15, 0.2) is 0 Å². The molecule has 0 bridgehead atoms. The lowest BCUT2D eigenvalue weighted by Crippen LogP contribution is -2.53. The molecule has 4 unspecified atom stereocenters. The maximum atomic E-state index is 12.8. The largest absolute Gasteiger partial charge is 0.480 e. The van der Waals surface area contributed by atoms with E-state index in [0.717, 1.165) is 32.1 Å². The van der Waals surface area contributed by atoms with Gasteiger partial charge in [0, 0.05) is 12.5 Å². The molecule has 0 aromatic rings. The molecule has 5 heteroatoms. The van der Waals surface area contributed by atoms with Crippen molar-refractivity contribution < 1.29 is 14.7 Å². The van der Waals surface area contributed by atoms with Gasteiger partial charge in [0.05, 0.1) is 0 Å². The van der Waals surface area contributed by atoms with Gasteiger partial charge in [-0.05, 0) is 44.1 Å². The number of hydrogen-bond donors (Lipinski definition) is 2. The maximum Gasteiger partial charge on any atom is 0.326 e. The summed E-state index contributed by atoms with van der Waals surface area (Å²) in [4.78, 5) is 25.8. The monoisotopic (exact) mass is 282 g/mol. The highest BCUT2D eigenvalue weighted by Gasteiger charge is 2.40. The molecular formula is C15H26N2O3. The Labute approximate surface area is 120 Å². The Balaban J connectivity index is 2.11.